The van der Waals surface area contributed by atoms with Crippen molar-refractivity contribution in [2.45, 2.75) is 228 Å². The van der Waals surface area contributed by atoms with Gasteiger partial charge in [0.15, 0.2) is 12.4 Å². The summed E-state index contributed by atoms with van der Waals surface area (Å²) in [6.45, 7) is 9.33. The first-order valence-corrected chi connectivity index (χ1v) is 28.7. The molecule has 0 radical (unpaired) electrons. The third-order valence-electron chi connectivity index (χ3n) is 12.8. The number of aliphatic hydroxyl groups excluding tert-OH is 2. The molecule has 0 unspecified atom stereocenters. The molecule has 3 N–H and O–H groups in total. The lowest BCUT2D eigenvalue weighted by molar-refractivity contribution is -0.252. The summed E-state index contributed by atoms with van der Waals surface area (Å²) in [5, 5.41) is 26.3. The highest BCUT2D eigenvalue weighted by Gasteiger charge is 2.57. The molecule has 11 nitrogen and oxygen atoms in total. The van der Waals surface area contributed by atoms with Gasteiger partial charge in [-0.3, -0.25) is 9.59 Å². The fraction of sp³-hybridized carbons (Fsp3) is 0.717. The number of alkyl carbamates (subject to hydrolysis) is 1. The van der Waals surface area contributed by atoms with Crippen molar-refractivity contribution in [1.29, 1.82) is 0 Å². The van der Waals surface area contributed by atoms with Gasteiger partial charge in [-0.15, -0.1) is 0 Å². The lowest BCUT2D eigenvalue weighted by atomic mass is 9.96. The Morgan fingerprint density at radius 1 is 0.706 bits per heavy atom. The van der Waals surface area contributed by atoms with Crippen molar-refractivity contribution in [1.82, 2.24) is 5.32 Å². The Bertz CT molecular complexity index is 1640. The molecule has 0 spiro atoms. The monoisotopic (exact) mass is 1030 g/mol. The van der Waals surface area contributed by atoms with Gasteiger partial charge in [0, 0.05) is 6.42 Å². The van der Waals surface area contributed by atoms with Gasteiger partial charge in [-0.2, -0.15) is 0 Å². The molecule has 6 atom stereocenters. The second kappa shape index (κ2) is 32.5. The van der Waals surface area contributed by atoms with E-state index < -0.39 is 79.2 Å². The summed E-state index contributed by atoms with van der Waals surface area (Å²) in [7, 11) is -3.46. The first kappa shape index (κ1) is 59.9. The Kier molecular flexibility index (Phi) is 28.6. The lowest BCUT2D eigenvalue weighted by Gasteiger charge is -2.50. The first-order chi connectivity index (χ1) is 32.6. The Labute approximate surface area is 424 Å². The minimum Gasteiger partial charge on any atom is -0.462 e. The van der Waals surface area contributed by atoms with Gasteiger partial charge in [-0.05, 0) is 34.7 Å². The minimum absolute atomic E-state index is 0.251. The van der Waals surface area contributed by atoms with Gasteiger partial charge < -0.3 is 38.9 Å². The van der Waals surface area contributed by atoms with Crippen molar-refractivity contribution in [2.24, 2.45) is 0 Å². The van der Waals surface area contributed by atoms with Crippen molar-refractivity contribution in [3.8, 4) is 0 Å². The maximum atomic E-state index is 14.2. The van der Waals surface area contributed by atoms with E-state index in [1.54, 1.807) is 0 Å². The Balaban J connectivity index is 1.87. The number of unbranched alkanes of at least 4 members (excludes halogenated alkanes) is 18. The zero-order chi connectivity index (χ0) is 49.8. The lowest BCUT2D eigenvalue weighted by Crippen LogP contribution is -2.73. The van der Waals surface area contributed by atoms with Gasteiger partial charge in [0.1, 0.15) is 31.0 Å². The number of carbonyl (C=O) groups is 3. The number of aliphatic hydroxyl groups is 2. The summed E-state index contributed by atoms with van der Waals surface area (Å²) < 4.78 is 29.1. The number of rotatable bonds is 33. The number of nitrogens with one attached hydrogen (secondary N) is 1. The fourth-order valence-corrected chi connectivity index (χ4v) is 13.8. The molecule has 1 fully saturated rings. The maximum Gasteiger partial charge on any atom is 0.407 e. The van der Waals surface area contributed by atoms with E-state index in [-0.39, 0.29) is 18.8 Å². The summed E-state index contributed by atoms with van der Waals surface area (Å²) in [6, 6.07) is 18.0. The number of alkyl halides is 3. The van der Waals surface area contributed by atoms with Crippen LogP contribution in [-0.2, 0) is 33.0 Å². The molecule has 2 aromatic rings. The molecule has 0 bridgehead atoms. The van der Waals surface area contributed by atoms with Crippen LogP contribution < -0.4 is 15.7 Å². The van der Waals surface area contributed by atoms with Crippen LogP contribution in [0.15, 0.2) is 60.7 Å². The zero-order valence-corrected chi connectivity index (χ0v) is 45.0. The minimum atomic E-state index is -3.46. The molecule has 1 heterocycles. The van der Waals surface area contributed by atoms with Gasteiger partial charge >= 0.3 is 18.0 Å². The van der Waals surface area contributed by atoms with Crippen LogP contribution in [0.3, 0.4) is 0 Å². The van der Waals surface area contributed by atoms with Crippen LogP contribution in [0.2, 0.25) is 5.04 Å². The molecule has 386 valence electrons. The van der Waals surface area contributed by atoms with E-state index in [9.17, 15) is 24.6 Å². The third-order valence-corrected chi connectivity index (χ3v) is 18.1. The highest BCUT2D eigenvalue weighted by atomic mass is 35.6. The SMILES string of the molecule is CCCCCCCCCCCCCC(=O)O[C@H](CCCCCCCCCCC)CC(=O)O[C@H]1[C@H](O)[C@@H](CO)O[C@H](O[Si](c2ccccc2)(c2ccccc2)C(C)(C)C)[C@@H]1NC(=O)OCC(Cl)(Cl)Cl. The van der Waals surface area contributed by atoms with Crippen LogP contribution in [-0.4, -0.2) is 90.3 Å². The Hall–Kier alpha value is -2.42. The summed E-state index contributed by atoms with van der Waals surface area (Å²) >= 11 is 17.8. The maximum absolute atomic E-state index is 14.2. The summed E-state index contributed by atoms with van der Waals surface area (Å²) in [5.74, 6) is -1.14. The molecule has 1 amide bonds. The van der Waals surface area contributed by atoms with E-state index in [1.807, 2.05) is 60.7 Å². The second-order valence-corrected chi connectivity index (χ2v) is 26.3. The van der Waals surface area contributed by atoms with E-state index in [2.05, 4.69) is 39.9 Å². The van der Waals surface area contributed by atoms with Crippen molar-refractivity contribution in [3.63, 3.8) is 0 Å². The van der Waals surface area contributed by atoms with E-state index >= 15 is 0 Å². The topological polar surface area (TPSA) is 150 Å². The molecule has 0 saturated carbocycles. The molecule has 68 heavy (non-hydrogen) atoms. The van der Waals surface area contributed by atoms with Gasteiger partial charge in [-0.25, -0.2) is 4.79 Å². The van der Waals surface area contributed by atoms with E-state index in [4.69, 9.17) is 58.2 Å². The number of ether oxygens (including phenoxy) is 4. The summed E-state index contributed by atoms with van der Waals surface area (Å²) in [6.07, 6.45) is 15.4. The molecule has 1 aliphatic heterocycles. The fourth-order valence-electron chi connectivity index (χ4n) is 9.10. The highest BCUT2D eigenvalue weighted by molar-refractivity contribution is 6.99. The average Bonchev–Trinajstić information content (AvgIpc) is 3.30. The Morgan fingerprint density at radius 2 is 1.18 bits per heavy atom. The number of hydrogen-bond donors (Lipinski definition) is 3. The van der Waals surface area contributed by atoms with E-state index in [0.717, 1.165) is 55.3 Å². The van der Waals surface area contributed by atoms with Crippen LogP contribution >= 0.6 is 34.8 Å². The number of amides is 1. The van der Waals surface area contributed by atoms with Crippen LogP contribution in [0.4, 0.5) is 4.79 Å². The average molecular weight is 1030 g/mol. The molecule has 2 aromatic carbocycles. The van der Waals surface area contributed by atoms with Crippen LogP contribution in [0.5, 0.6) is 0 Å². The zero-order valence-electron chi connectivity index (χ0n) is 41.7. The quantitative estimate of drug-likeness (QED) is 0.0207. The van der Waals surface area contributed by atoms with Crippen molar-refractivity contribution < 1.29 is 48.0 Å². The van der Waals surface area contributed by atoms with Gasteiger partial charge in [0.05, 0.1) is 13.0 Å². The number of esters is 2. The molecule has 3 rings (SSSR count). The largest absolute Gasteiger partial charge is 0.462 e. The Morgan fingerprint density at radius 3 is 1.63 bits per heavy atom. The van der Waals surface area contributed by atoms with Crippen molar-refractivity contribution in [2.75, 3.05) is 13.2 Å². The smallest absolute Gasteiger partial charge is 0.407 e. The van der Waals surface area contributed by atoms with Crippen molar-refractivity contribution >= 4 is 71.5 Å². The van der Waals surface area contributed by atoms with Crippen LogP contribution in [0.25, 0.3) is 0 Å². The molecule has 0 aromatic heterocycles. The van der Waals surface area contributed by atoms with E-state index in [0.29, 0.717) is 12.8 Å². The number of carbonyl (C=O) groups excluding carboxylic acids is 3. The molecule has 0 aliphatic carbocycles. The normalized spacial score (nSPS) is 19.3. The summed E-state index contributed by atoms with van der Waals surface area (Å²) in [4.78, 5) is 41.0. The molecule has 15 heteroatoms. The third kappa shape index (κ3) is 21.5. The molecular weight excluding hydrogens is 945 g/mol. The van der Waals surface area contributed by atoms with Gasteiger partial charge in [0.2, 0.25) is 3.79 Å². The van der Waals surface area contributed by atoms with Gasteiger partial charge in [-0.1, -0.05) is 246 Å². The molecule has 1 saturated heterocycles. The molecular formula is C53H84Cl3NO10Si. The van der Waals surface area contributed by atoms with Crippen LogP contribution in [0.1, 0.15) is 182 Å². The molecule has 1 aliphatic rings. The predicted octanol–water partition coefficient (Wildman–Crippen LogP) is 11.9. The summed E-state index contributed by atoms with van der Waals surface area (Å²) in [5.41, 5.74) is 0. The predicted molar refractivity (Wildman–Crippen MR) is 276 cm³/mol. The number of hydrogen-bond acceptors (Lipinski definition) is 10. The van der Waals surface area contributed by atoms with E-state index in [1.165, 1.54) is 77.0 Å². The highest BCUT2D eigenvalue weighted by Crippen LogP contribution is 2.40. The van der Waals surface area contributed by atoms with Crippen molar-refractivity contribution in [3.05, 3.63) is 60.7 Å². The number of benzene rings is 2. The first-order valence-electron chi connectivity index (χ1n) is 25.7. The van der Waals surface area contributed by atoms with Gasteiger partial charge in [0.25, 0.3) is 8.32 Å². The van der Waals surface area contributed by atoms with Crippen LogP contribution in [0, 0.1) is 0 Å². The second-order valence-electron chi connectivity index (χ2n) is 19.5. The number of halogens is 3. The standard InChI is InChI=1S/C53H84Cl3NO10Si/c1-6-8-10-12-14-16-17-19-21-23-31-37-45(59)64-41(32-26-22-20-18-15-13-11-9-7-2)38-46(60)66-49-47(57-51(62)63-40-53(54,55)56)50(65-44(39-58)48(49)61)67-68(52(3,4)5,42-33-27-24-28-34-42)43-35-29-25-30-36-43/h24-25,27-30,33-36,41,44,47-50,58,61H,6-23,26,31-32,37-40H2,1-5H3,(H,57,62)/t41-,44-,47-,48-,49-,50-/m1/s1.